The molecule has 0 spiro atoms. The summed E-state index contributed by atoms with van der Waals surface area (Å²) in [5.41, 5.74) is 0.621. The van der Waals surface area contributed by atoms with Gasteiger partial charge in [-0.1, -0.05) is 12.1 Å². The van der Waals surface area contributed by atoms with E-state index in [0.29, 0.717) is 18.7 Å². The molecule has 6 heteroatoms. The normalized spacial score (nSPS) is 18.9. The summed E-state index contributed by atoms with van der Waals surface area (Å²) in [4.78, 5) is 24.0. The molecule has 1 aromatic rings. The lowest BCUT2D eigenvalue weighted by molar-refractivity contribution is -0.384. The molecule has 0 saturated carbocycles. The molecular formula is C15H18N2O4. The van der Waals surface area contributed by atoms with Gasteiger partial charge in [0.1, 0.15) is 0 Å². The second kappa shape index (κ2) is 6.99. The van der Waals surface area contributed by atoms with Crippen molar-refractivity contribution in [2.24, 2.45) is 5.92 Å². The van der Waals surface area contributed by atoms with Gasteiger partial charge < -0.3 is 10.0 Å². The number of amides is 1. The van der Waals surface area contributed by atoms with Crippen LogP contribution in [-0.4, -0.2) is 40.5 Å². The van der Waals surface area contributed by atoms with Crippen LogP contribution in [0.2, 0.25) is 0 Å². The quantitative estimate of drug-likeness (QED) is 0.521. The molecule has 0 aliphatic carbocycles. The number of hydrogen-bond donors (Lipinski definition) is 1. The standard InChI is InChI=1S/C15H18N2O4/c18-11-13-4-2-8-16(10-13)15(19)7-6-12-3-1-5-14(9-12)17(20)21/h1,3,5-7,9,13,18H,2,4,8,10-11H2/b7-6+. The van der Waals surface area contributed by atoms with E-state index in [0.717, 1.165) is 12.8 Å². The van der Waals surface area contributed by atoms with Crippen LogP contribution in [0.4, 0.5) is 5.69 Å². The average molecular weight is 290 g/mol. The smallest absolute Gasteiger partial charge is 0.270 e. The Hall–Kier alpha value is -2.21. The van der Waals surface area contributed by atoms with Crippen LogP contribution in [0.25, 0.3) is 6.08 Å². The number of piperidine rings is 1. The minimum atomic E-state index is -0.463. The fourth-order valence-corrected chi connectivity index (χ4v) is 2.43. The molecule has 1 aliphatic heterocycles. The van der Waals surface area contributed by atoms with E-state index < -0.39 is 4.92 Å². The largest absolute Gasteiger partial charge is 0.396 e. The average Bonchev–Trinajstić information content (AvgIpc) is 2.53. The molecular weight excluding hydrogens is 272 g/mol. The maximum Gasteiger partial charge on any atom is 0.270 e. The maximum absolute atomic E-state index is 12.1. The molecule has 1 aromatic carbocycles. The van der Waals surface area contributed by atoms with Crippen molar-refractivity contribution >= 4 is 17.7 Å². The molecule has 1 fully saturated rings. The summed E-state index contributed by atoms with van der Waals surface area (Å²) < 4.78 is 0. The monoisotopic (exact) mass is 290 g/mol. The van der Waals surface area contributed by atoms with Crippen molar-refractivity contribution in [2.75, 3.05) is 19.7 Å². The van der Waals surface area contributed by atoms with E-state index >= 15 is 0 Å². The van der Waals surface area contributed by atoms with E-state index in [4.69, 9.17) is 5.11 Å². The van der Waals surface area contributed by atoms with Crippen LogP contribution in [-0.2, 0) is 4.79 Å². The Labute approximate surface area is 122 Å². The van der Waals surface area contributed by atoms with Crippen LogP contribution in [0.15, 0.2) is 30.3 Å². The lowest BCUT2D eigenvalue weighted by Gasteiger charge is -2.31. The van der Waals surface area contributed by atoms with Crippen molar-refractivity contribution in [3.63, 3.8) is 0 Å². The molecule has 21 heavy (non-hydrogen) atoms. The Kier molecular flexibility index (Phi) is 5.05. The molecule has 2 rings (SSSR count). The second-order valence-corrected chi connectivity index (χ2v) is 5.16. The Bertz CT molecular complexity index is 556. The minimum absolute atomic E-state index is 0.00270. The summed E-state index contributed by atoms with van der Waals surface area (Å²) in [6.07, 6.45) is 4.84. The molecule has 0 aromatic heterocycles. The number of non-ortho nitro benzene ring substituents is 1. The maximum atomic E-state index is 12.1. The molecule has 0 bridgehead atoms. The van der Waals surface area contributed by atoms with Gasteiger partial charge in [-0.3, -0.25) is 14.9 Å². The van der Waals surface area contributed by atoms with Crippen LogP contribution in [0.5, 0.6) is 0 Å². The zero-order valence-electron chi connectivity index (χ0n) is 11.6. The van der Waals surface area contributed by atoms with E-state index in [9.17, 15) is 14.9 Å². The highest BCUT2D eigenvalue weighted by Crippen LogP contribution is 2.17. The Morgan fingerprint density at radius 1 is 1.52 bits per heavy atom. The van der Waals surface area contributed by atoms with Crippen molar-refractivity contribution in [2.45, 2.75) is 12.8 Å². The number of aliphatic hydroxyl groups is 1. The molecule has 1 atom stereocenters. The van der Waals surface area contributed by atoms with Crippen LogP contribution in [0.3, 0.4) is 0 Å². The lowest BCUT2D eigenvalue weighted by atomic mass is 9.99. The van der Waals surface area contributed by atoms with Gasteiger partial charge in [0, 0.05) is 37.9 Å². The SMILES string of the molecule is O=C(/C=C/c1cccc([N+](=O)[O-])c1)N1CCCC(CO)C1. The van der Waals surface area contributed by atoms with Crippen molar-refractivity contribution < 1.29 is 14.8 Å². The predicted octanol–water partition coefficient (Wildman–Crippen LogP) is 1.84. The topological polar surface area (TPSA) is 83.7 Å². The van der Waals surface area contributed by atoms with E-state index in [-0.39, 0.29) is 24.1 Å². The van der Waals surface area contributed by atoms with E-state index in [2.05, 4.69) is 0 Å². The highest BCUT2D eigenvalue weighted by atomic mass is 16.6. The third-order valence-electron chi connectivity index (χ3n) is 3.59. The number of hydrogen-bond acceptors (Lipinski definition) is 4. The van der Waals surface area contributed by atoms with Gasteiger partial charge in [0.05, 0.1) is 4.92 Å². The van der Waals surface area contributed by atoms with Gasteiger partial charge in [0.2, 0.25) is 5.91 Å². The molecule has 1 amide bonds. The Balaban J connectivity index is 2.01. The van der Waals surface area contributed by atoms with Gasteiger partial charge in [-0.25, -0.2) is 0 Å². The predicted molar refractivity (Wildman–Crippen MR) is 78.5 cm³/mol. The fourth-order valence-electron chi connectivity index (χ4n) is 2.43. The van der Waals surface area contributed by atoms with Gasteiger partial charge in [0.15, 0.2) is 0 Å². The third-order valence-corrected chi connectivity index (χ3v) is 3.59. The van der Waals surface area contributed by atoms with Gasteiger partial charge in [-0.15, -0.1) is 0 Å². The van der Waals surface area contributed by atoms with Gasteiger partial charge >= 0.3 is 0 Å². The van der Waals surface area contributed by atoms with E-state index in [1.807, 2.05) is 0 Å². The van der Waals surface area contributed by atoms with Crippen molar-refractivity contribution in [1.82, 2.24) is 4.90 Å². The van der Waals surface area contributed by atoms with Gasteiger partial charge in [0.25, 0.3) is 5.69 Å². The number of carbonyl (C=O) groups is 1. The molecule has 6 nitrogen and oxygen atoms in total. The number of nitro benzene ring substituents is 1. The van der Waals surface area contributed by atoms with Gasteiger partial charge in [-0.2, -0.15) is 0 Å². The summed E-state index contributed by atoms with van der Waals surface area (Å²) in [6.45, 7) is 1.35. The Morgan fingerprint density at radius 2 is 2.33 bits per heavy atom. The molecule has 112 valence electrons. The van der Waals surface area contributed by atoms with Crippen LogP contribution in [0, 0.1) is 16.0 Å². The van der Waals surface area contributed by atoms with Crippen LogP contribution in [0.1, 0.15) is 18.4 Å². The number of carbonyl (C=O) groups excluding carboxylic acids is 1. The summed E-state index contributed by atoms with van der Waals surface area (Å²) in [6, 6.07) is 6.14. The number of nitro groups is 1. The fraction of sp³-hybridized carbons (Fsp3) is 0.400. The summed E-state index contributed by atoms with van der Waals surface area (Å²) in [7, 11) is 0. The first-order chi connectivity index (χ1) is 10.1. The second-order valence-electron chi connectivity index (χ2n) is 5.16. The number of nitrogens with zero attached hydrogens (tertiary/aromatic N) is 2. The number of aliphatic hydroxyl groups excluding tert-OH is 1. The molecule has 0 radical (unpaired) electrons. The molecule has 1 unspecified atom stereocenters. The first kappa shape index (κ1) is 15.2. The van der Waals surface area contributed by atoms with Crippen molar-refractivity contribution in [1.29, 1.82) is 0 Å². The van der Waals surface area contributed by atoms with E-state index in [1.165, 1.54) is 18.2 Å². The summed E-state index contributed by atoms with van der Waals surface area (Å²) in [5.74, 6) is 0.0218. The highest BCUT2D eigenvalue weighted by molar-refractivity contribution is 5.91. The summed E-state index contributed by atoms with van der Waals surface area (Å²) >= 11 is 0. The minimum Gasteiger partial charge on any atom is -0.396 e. The number of benzene rings is 1. The first-order valence-electron chi connectivity index (χ1n) is 6.92. The zero-order chi connectivity index (χ0) is 15.2. The molecule has 1 aliphatic rings. The van der Waals surface area contributed by atoms with E-state index in [1.54, 1.807) is 23.1 Å². The highest BCUT2D eigenvalue weighted by Gasteiger charge is 2.21. The van der Waals surface area contributed by atoms with Crippen molar-refractivity contribution in [3.05, 3.63) is 46.0 Å². The summed E-state index contributed by atoms with van der Waals surface area (Å²) in [5, 5.41) is 19.9. The number of likely N-dealkylation sites (tertiary alicyclic amines) is 1. The van der Waals surface area contributed by atoms with Crippen LogP contribution >= 0.6 is 0 Å². The Morgan fingerprint density at radius 3 is 3.05 bits per heavy atom. The van der Waals surface area contributed by atoms with Crippen molar-refractivity contribution in [3.8, 4) is 0 Å². The first-order valence-corrected chi connectivity index (χ1v) is 6.92. The third kappa shape index (κ3) is 4.13. The zero-order valence-corrected chi connectivity index (χ0v) is 11.6. The molecule has 1 N–H and O–H groups in total. The van der Waals surface area contributed by atoms with Crippen LogP contribution < -0.4 is 0 Å². The lowest BCUT2D eigenvalue weighted by Crippen LogP contribution is -2.40. The molecule has 1 saturated heterocycles. The van der Waals surface area contributed by atoms with Gasteiger partial charge in [-0.05, 0) is 30.4 Å². The number of rotatable bonds is 4. The molecule has 1 heterocycles.